The minimum Gasteiger partial charge on any atom is -0.337 e. The van der Waals surface area contributed by atoms with Gasteiger partial charge in [0.25, 0.3) is 11.8 Å². The normalized spacial score (nSPS) is 10.0. The smallest absolute Gasteiger partial charge is 0.321 e. The maximum absolute atomic E-state index is 11.8. The lowest BCUT2D eigenvalue weighted by molar-refractivity contribution is 0.0954. The summed E-state index contributed by atoms with van der Waals surface area (Å²) < 4.78 is 0. The van der Waals surface area contributed by atoms with Gasteiger partial charge >= 0.3 is 12.1 Å². The number of benzene rings is 2. The van der Waals surface area contributed by atoms with Gasteiger partial charge in [0.2, 0.25) is 0 Å². The van der Waals surface area contributed by atoms with E-state index < -0.39 is 23.9 Å². The quantitative estimate of drug-likeness (QED) is 0.348. The van der Waals surface area contributed by atoms with Gasteiger partial charge in [-0.1, -0.05) is 58.0 Å². The topological polar surface area (TPSA) is 116 Å². The third kappa shape index (κ3) is 9.01. The molecule has 0 heterocycles. The fourth-order valence-corrected chi connectivity index (χ4v) is 3.96. The van der Waals surface area contributed by atoms with E-state index in [4.69, 9.17) is 0 Å². The summed E-state index contributed by atoms with van der Waals surface area (Å²) in [5.74, 6) is 0.363. The number of carbonyl (C=O) groups is 4. The third-order valence-electron chi connectivity index (χ3n) is 3.55. The van der Waals surface area contributed by atoms with Gasteiger partial charge in [-0.15, -0.1) is 0 Å². The van der Waals surface area contributed by atoms with Crippen molar-refractivity contribution in [3.8, 4) is 0 Å². The van der Waals surface area contributed by atoms with Gasteiger partial charge in [0.1, 0.15) is 0 Å². The zero-order valence-corrected chi connectivity index (χ0v) is 17.7. The van der Waals surface area contributed by atoms with Gasteiger partial charge in [0, 0.05) is 35.7 Å². The summed E-state index contributed by atoms with van der Waals surface area (Å²) >= 11 is 0. The summed E-state index contributed by atoms with van der Waals surface area (Å²) in [6, 6.07) is 15.9. The van der Waals surface area contributed by atoms with Gasteiger partial charge in [-0.25, -0.2) is 9.59 Å². The van der Waals surface area contributed by atoms with Crippen molar-refractivity contribution in [2.24, 2.45) is 0 Å². The molecular formula is C20H22N4O4S2. The van der Waals surface area contributed by atoms with E-state index in [1.807, 2.05) is 0 Å². The van der Waals surface area contributed by atoms with Crippen LogP contribution < -0.4 is 21.3 Å². The molecule has 6 amide bonds. The van der Waals surface area contributed by atoms with E-state index in [1.54, 1.807) is 60.7 Å². The molecule has 0 bridgehead atoms. The zero-order chi connectivity index (χ0) is 21.6. The maximum Gasteiger partial charge on any atom is 0.321 e. The molecule has 0 unspecified atom stereocenters. The van der Waals surface area contributed by atoms with Crippen LogP contribution in [-0.2, 0) is 0 Å². The average Bonchev–Trinajstić information content (AvgIpc) is 2.76. The van der Waals surface area contributed by atoms with Gasteiger partial charge in [-0.2, -0.15) is 0 Å². The standard InChI is InChI=1S/C20H22N4O4S2/c25-17(15-7-3-1-4-8-15)23-19(27)21-11-13-29-30-14-12-22-20(28)24-18(26)16-9-5-2-6-10-16/h1-10H,11-14H2,(H2,21,23,25,27)(H2,22,24,26,28). The Morgan fingerprint density at radius 2 is 0.967 bits per heavy atom. The molecule has 4 N–H and O–H groups in total. The predicted octanol–water partition coefficient (Wildman–Crippen LogP) is 2.65. The monoisotopic (exact) mass is 446 g/mol. The van der Waals surface area contributed by atoms with E-state index in [0.717, 1.165) is 0 Å². The maximum atomic E-state index is 11.8. The highest BCUT2D eigenvalue weighted by molar-refractivity contribution is 8.76. The van der Waals surface area contributed by atoms with E-state index >= 15 is 0 Å². The first kappa shape index (κ1) is 23.3. The van der Waals surface area contributed by atoms with E-state index in [2.05, 4.69) is 21.3 Å². The van der Waals surface area contributed by atoms with Crippen LogP contribution in [0.15, 0.2) is 60.7 Å². The first-order valence-electron chi connectivity index (χ1n) is 9.09. The van der Waals surface area contributed by atoms with Crippen molar-refractivity contribution in [3.63, 3.8) is 0 Å². The fraction of sp³-hybridized carbons (Fsp3) is 0.200. The molecule has 158 valence electrons. The second kappa shape index (κ2) is 13.3. The van der Waals surface area contributed by atoms with Crippen molar-refractivity contribution in [1.29, 1.82) is 0 Å². The molecule has 2 rings (SSSR count). The minimum absolute atomic E-state index is 0.394. The number of hydrogen-bond donors (Lipinski definition) is 4. The molecule has 2 aromatic rings. The molecule has 0 saturated carbocycles. The lowest BCUT2D eigenvalue weighted by Crippen LogP contribution is -2.40. The van der Waals surface area contributed by atoms with Gasteiger partial charge in [0.05, 0.1) is 0 Å². The minimum atomic E-state index is -0.545. The van der Waals surface area contributed by atoms with Crippen LogP contribution in [0.25, 0.3) is 0 Å². The average molecular weight is 447 g/mol. The van der Waals surface area contributed by atoms with Crippen molar-refractivity contribution in [3.05, 3.63) is 71.8 Å². The van der Waals surface area contributed by atoms with Crippen LogP contribution in [0.3, 0.4) is 0 Å². The molecule has 0 radical (unpaired) electrons. The molecular weight excluding hydrogens is 424 g/mol. The molecule has 30 heavy (non-hydrogen) atoms. The van der Waals surface area contributed by atoms with Crippen LogP contribution in [0.1, 0.15) is 20.7 Å². The van der Waals surface area contributed by atoms with Crippen molar-refractivity contribution in [1.82, 2.24) is 21.3 Å². The number of imide groups is 2. The molecule has 8 nitrogen and oxygen atoms in total. The van der Waals surface area contributed by atoms with Crippen LogP contribution in [0.2, 0.25) is 0 Å². The predicted molar refractivity (Wildman–Crippen MR) is 120 cm³/mol. The van der Waals surface area contributed by atoms with Gasteiger partial charge < -0.3 is 10.6 Å². The van der Waals surface area contributed by atoms with E-state index in [-0.39, 0.29) is 0 Å². The first-order valence-corrected chi connectivity index (χ1v) is 11.6. The Morgan fingerprint density at radius 3 is 1.33 bits per heavy atom. The molecule has 0 saturated heterocycles. The van der Waals surface area contributed by atoms with Crippen molar-refractivity contribution >= 4 is 45.5 Å². The number of nitrogens with one attached hydrogen (secondary N) is 4. The van der Waals surface area contributed by atoms with E-state index in [9.17, 15) is 19.2 Å². The largest absolute Gasteiger partial charge is 0.337 e. The molecule has 0 spiro atoms. The number of rotatable bonds is 9. The Morgan fingerprint density at radius 1 is 0.600 bits per heavy atom. The highest BCUT2D eigenvalue weighted by Crippen LogP contribution is 2.19. The Bertz CT molecular complexity index is 779. The highest BCUT2D eigenvalue weighted by Gasteiger charge is 2.10. The lowest BCUT2D eigenvalue weighted by Gasteiger charge is -2.07. The fourth-order valence-electron chi connectivity index (χ4n) is 2.15. The Balaban J connectivity index is 1.47. The summed E-state index contributed by atoms with van der Waals surface area (Å²) in [5.41, 5.74) is 0.833. The number of amides is 6. The third-order valence-corrected chi connectivity index (χ3v) is 5.96. The van der Waals surface area contributed by atoms with Crippen LogP contribution in [0.5, 0.6) is 0 Å². The summed E-state index contributed by atoms with van der Waals surface area (Å²) in [4.78, 5) is 47.0. The summed E-state index contributed by atoms with van der Waals surface area (Å²) in [7, 11) is 3.05. The first-order chi connectivity index (χ1) is 14.6. The molecule has 0 aromatic heterocycles. The molecule has 0 aliphatic carbocycles. The summed E-state index contributed by atoms with van der Waals surface area (Å²) in [6.07, 6.45) is 0. The van der Waals surface area contributed by atoms with Gasteiger partial charge in [-0.05, 0) is 24.3 Å². The number of carbonyl (C=O) groups excluding carboxylic acids is 4. The van der Waals surface area contributed by atoms with Gasteiger partial charge in [-0.3, -0.25) is 20.2 Å². The van der Waals surface area contributed by atoms with E-state index in [0.29, 0.717) is 35.7 Å². The number of urea groups is 2. The Hall–Kier alpha value is -2.98. The van der Waals surface area contributed by atoms with Crippen LogP contribution in [0.4, 0.5) is 9.59 Å². The molecule has 10 heteroatoms. The molecule has 0 fully saturated rings. The van der Waals surface area contributed by atoms with Crippen LogP contribution >= 0.6 is 21.6 Å². The van der Waals surface area contributed by atoms with E-state index in [1.165, 1.54) is 21.6 Å². The molecule has 0 aliphatic heterocycles. The highest BCUT2D eigenvalue weighted by atomic mass is 33.1. The Kier molecular flexibility index (Phi) is 10.3. The van der Waals surface area contributed by atoms with Crippen LogP contribution in [-0.4, -0.2) is 48.5 Å². The second-order valence-corrected chi connectivity index (χ2v) is 8.50. The van der Waals surface area contributed by atoms with Crippen molar-refractivity contribution in [2.75, 3.05) is 24.6 Å². The lowest BCUT2D eigenvalue weighted by atomic mass is 10.2. The zero-order valence-electron chi connectivity index (χ0n) is 16.1. The van der Waals surface area contributed by atoms with Crippen LogP contribution in [0, 0.1) is 0 Å². The molecule has 0 atom stereocenters. The second-order valence-electron chi connectivity index (χ2n) is 5.80. The SMILES string of the molecule is O=C(NCCSSCCNC(=O)NC(=O)c1ccccc1)NC(=O)c1ccccc1. The van der Waals surface area contributed by atoms with Crippen molar-refractivity contribution < 1.29 is 19.2 Å². The molecule has 2 aromatic carbocycles. The summed E-state index contributed by atoms with van der Waals surface area (Å²) in [5, 5.41) is 9.74. The van der Waals surface area contributed by atoms with Crippen molar-refractivity contribution in [2.45, 2.75) is 0 Å². The number of hydrogen-bond acceptors (Lipinski definition) is 6. The Labute approximate surface area is 182 Å². The summed E-state index contributed by atoms with van der Waals surface area (Å²) in [6.45, 7) is 0.788. The molecule has 0 aliphatic rings. The van der Waals surface area contributed by atoms with Gasteiger partial charge in [0.15, 0.2) is 0 Å².